The number of aliphatic hydroxyl groups excluding tert-OH is 1. The van der Waals surface area contributed by atoms with Crippen molar-refractivity contribution in [1.29, 1.82) is 0 Å². The Morgan fingerprint density at radius 1 is 1.29 bits per heavy atom. The summed E-state index contributed by atoms with van der Waals surface area (Å²) in [5.74, 6) is 0.944. The molecule has 0 saturated carbocycles. The van der Waals surface area contributed by atoms with Gasteiger partial charge in [0, 0.05) is 0 Å². The summed E-state index contributed by atoms with van der Waals surface area (Å²) in [6.45, 7) is 4.75. The Labute approximate surface area is 85.8 Å². The highest BCUT2D eigenvalue weighted by atomic mass is 16.5. The number of ether oxygens (including phenoxy) is 1. The van der Waals surface area contributed by atoms with E-state index in [1.807, 2.05) is 44.2 Å². The summed E-state index contributed by atoms with van der Waals surface area (Å²) >= 11 is 0. The second-order valence-corrected chi connectivity index (χ2v) is 2.50. The minimum absolute atomic E-state index is 0.163. The summed E-state index contributed by atoms with van der Waals surface area (Å²) in [5, 5.41) is 7.98. The SMILES string of the molecule is CC=CCO.CCOc1ccccc1. The van der Waals surface area contributed by atoms with E-state index in [-0.39, 0.29) is 6.61 Å². The molecule has 0 saturated heterocycles. The zero-order valence-electron chi connectivity index (χ0n) is 8.81. The summed E-state index contributed by atoms with van der Waals surface area (Å²) in [7, 11) is 0. The maximum atomic E-state index is 7.98. The molecule has 1 aromatic rings. The average Bonchev–Trinajstić information content (AvgIpc) is 2.22. The molecule has 14 heavy (non-hydrogen) atoms. The third kappa shape index (κ3) is 7.37. The van der Waals surface area contributed by atoms with Crippen molar-refractivity contribution in [2.75, 3.05) is 13.2 Å². The molecule has 0 aliphatic rings. The van der Waals surface area contributed by atoms with Crippen molar-refractivity contribution in [3.63, 3.8) is 0 Å². The molecule has 0 unspecified atom stereocenters. The van der Waals surface area contributed by atoms with E-state index < -0.39 is 0 Å². The highest BCUT2D eigenvalue weighted by Crippen LogP contribution is 2.06. The second kappa shape index (κ2) is 9.81. The van der Waals surface area contributed by atoms with Crippen molar-refractivity contribution in [3.05, 3.63) is 42.5 Å². The number of hydrogen-bond donors (Lipinski definition) is 1. The highest BCUT2D eigenvalue weighted by molar-refractivity contribution is 5.20. The van der Waals surface area contributed by atoms with Crippen LogP contribution in [0.15, 0.2) is 42.5 Å². The third-order valence-electron chi connectivity index (χ3n) is 1.40. The van der Waals surface area contributed by atoms with E-state index in [2.05, 4.69) is 0 Å². The van der Waals surface area contributed by atoms with Crippen LogP contribution in [-0.2, 0) is 0 Å². The molecule has 1 rings (SSSR count). The summed E-state index contributed by atoms with van der Waals surface area (Å²) in [6.07, 6.45) is 3.49. The fourth-order valence-corrected chi connectivity index (χ4v) is 0.789. The number of benzene rings is 1. The molecule has 0 amide bonds. The van der Waals surface area contributed by atoms with Crippen molar-refractivity contribution >= 4 is 0 Å². The predicted molar refractivity (Wildman–Crippen MR) is 59.5 cm³/mol. The van der Waals surface area contributed by atoms with Gasteiger partial charge in [-0.05, 0) is 26.0 Å². The van der Waals surface area contributed by atoms with Crippen LogP contribution in [0.25, 0.3) is 0 Å². The van der Waals surface area contributed by atoms with Gasteiger partial charge in [0.05, 0.1) is 13.2 Å². The third-order valence-corrected chi connectivity index (χ3v) is 1.40. The molecule has 0 spiro atoms. The van der Waals surface area contributed by atoms with Gasteiger partial charge in [0.1, 0.15) is 5.75 Å². The zero-order chi connectivity index (χ0) is 10.6. The largest absolute Gasteiger partial charge is 0.494 e. The Bertz CT molecular complexity index is 229. The molecular formula is C12H18O2. The topological polar surface area (TPSA) is 29.5 Å². The standard InChI is InChI=1S/C8H10O.C4H8O/c1-2-9-8-6-4-3-5-7-8;1-2-3-4-5/h3-7H,2H2,1H3;2-3,5H,4H2,1H3. The van der Waals surface area contributed by atoms with Crippen LogP contribution in [0.1, 0.15) is 13.8 Å². The molecule has 1 aromatic carbocycles. The lowest BCUT2D eigenvalue weighted by Crippen LogP contribution is -1.89. The van der Waals surface area contributed by atoms with Crippen molar-refractivity contribution in [2.45, 2.75) is 13.8 Å². The van der Waals surface area contributed by atoms with Gasteiger partial charge in [0.2, 0.25) is 0 Å². The van der Waals surface area contributed by atoms with Crippen molar-refractivity contribution in [2.24, 2.45) is 0 Å². The number of aliphatic hydroxyl groups is 1. The molecule has 0 bridgehead atoms. The van der Waals surface area contributed by atoms with Gasteiger partial charge in [-0.2, -0.15) is 0 Å². The van der Waals surface area contributed by atoms with Crippen LogP contribution in [0.2, 0.25) is 0 Å². The molecule has 0 aromatic heterocycles. The van der Waals surface area contributed by atoms with Gasteiger partial charge < -0.3 is 9.84 Å². The molecule has 2 nitrogen and oxygen atoms in total. The summed E-state index contributed by atoms with van der Waals surface area (Å²) < 4.78 is 5.21. The van der Waals surface area contributed by atoms with Gasteiger partial charge in [-0.1, -0.05) is 30.4 Å². The molecule has 0 aliphatic heterocycles. The number of para-hydroxylation sites is 1. The molecule has 1 N–H and O–H groups in total. The Hall–Kier alpha value is -1.28. The van der Waals surface area contributed by atoms with Crippen LogP contribution >= 0.6 is 0 Å². The van der Waals surface area contributed by atoms with Crippen LogP contribution in [-0.4, -0.2) is 18.3 Å². The van der Waals surface area contributed by atoms with Gasteiger partial charge in [-0.25, -0.2) is 0 Å². The van der Waals surface area contributed by atoms with Crippen LogP contribution in [0.3, 0.4) is 0 Å². The second-order valence-electron chi connectivity index (χ2n) is 2.50. The normalized spacial score (nSPS) is 9.36. The zero-order valence-corrected chi connectivity index (χ0v) is 8.81. The van der Waals surface area contributed by atoms with E-state index in [1.165, 1.54) is 0 Å². The first-order valence-electron chi connectivity index (χ1n) is 4.75. The Kier molecular flexibility index (Phi) is 8.91. The minimum Gasteiger partial charge on any atom is -0.494 e. The molecule has 0 heterocycles. The first-order valence-corrected chi connectivity index (χ1v) is 4.75. The summed E-state index contributed by atoms with van der Waals surface area (Å²) in [5.41, 5.74) is 0. The van der Waals surface area contributed by atoms with Gasteiger partial charge in [0.25, 0.3) is 0 Å². The van der Waals surface area contributed by atoms with Gasteiger partial charge >= 0.3 is 0 Å². The quantitative estimate of drug-likeness (QED) is 0.749. The molecule has 78 valence electrons. The lowest BCUT2D eigenvalue weighted by Gasteiger charge is -1.99. The van der Waals surface area contributed by atoms with Crippen molar-refractivity contribution in [1.82, 2.24) is 0 Å². The number of rotatable bonds is 3. The number of allylic oxidation sites excluding steroid dienone is 1. The van der Waals surface area contributed by atoms with E-state index in [0.29, 0.717) is 0 Å². The molecule has 0 atom stereocenters. The van der Waals surface area contributed by atoms with Crippen molar-refractivity contribution < 1.29 is 9.84 Å². The smallest absolute Gasteiger partial charge is 0.119 e. The maximum absolute atomic E-state index is 7.98. The van der Waals surface area contributed by atoms with Crippen LogP contribution in [0.5, 0.6) is 5.75 Å². The van der Waals surface area contributed by atoms with E-state index >= 15 is 0 Å². The Morgan fingerprint density at radius 2 is 1.93 bits per heavy atom. The van der Waals surface area contributed by atoms with E-state index in [9.17, 15) is 0 Å². The Balaban J connectivity index is 0.000000292. The Morgan fingerprint density at radius 3 is 2.29 bits per heavy atom. The summed E-state index contributed by atoms with van der Waals surface area (Å²) in [4.78, 5) is 0. The molecule has 0 aliphatic carbocycles. The monoisotopic (exact) mass is 194 g/mol. The lowest BCUT2D eigenvalue weighted by molar-refractivity contribution is 0.340. The minimum atomic E-state index is 0.163. The van der Waals surface area contributed by atoms with Gasteiger partial charge in [-0.15, -0.1) is 0 Å². The average molecular weight is 194 g/mol. The molecule has 2 heteroatoms. The molecule has 0 fully saturated rings. The molecular weight excluding hydrogens is 176 g/mol. The van der Waals surface area contributed by atoms with E-state index in [4.69, 9.17) is 9.84 Å². The van der Waals surface area contributed by atoms with Crippen LogP contribution < -0.4 is 4.74 Å². The van der Waals surface area contributed by atoms with Crippen LogP contribution in [0, 0.1) is 0 Å². The fraction of sp³-hybridized carbons (Fsp3) is 0.333. The van der Waals surface area contributed by atoms with Crippen molar-refractivity contribution in [3.8, 4) is 5.75 Å². The first kappa shape index (κ1) is 12.7. The predicted octanol–water partition coefficient (Wildman–Crippen LogP) is 2.64. The lowest BCUT2D eigenvalue weighted by atomic mass is 10.3. The van der Waals surface area contributed by atoms with Crippen LogP contribution in [0.4, 0.5) is 0 Å². The highest BCUT2D eigenvalue weighted by Gasteiger charge is 1.83. The van der Waals surface area contributed by atoms with Gasteiger partial charge in [0.15, 0.2) is 0 Å². The van der Waals surface area contributed by atoms with E-state index in [0.717, 1.165) is 12.4 Å². The van der Waals surface area contributed by atoms with Gasteiger partial charge in [-0.3, -0.25) is 0 Å². The first-order chi connectivity index (χ1) is 6.85. The van der Waals surface area contributed by atoms with E-state index in [1.54, 1.807) is 12.2 Å². The molecule has 0 radical (unpaired) electrons. The fourth-order valence-electron chi connectivity index (χ4n) is 0.789. The number of hydrogen-bond acceptors (Lipinski definition) is 2. The summed E-state index contributed by atoms with van der Waals surface area (Å²) in [6, 6.07) is 9.80. The maximum Gasteiger partial charge on any atom is 0.119 e.